The van der Waals surface area contributed by atoms with Gasteiger partial charge in [0.2, 0.25) is 0 Å². The fourth-order valence-corrected chi connectivity index (χ4v) is 2.23. The standard InChI is InChI=1S/C14H26N6/c1-13(2,11-15-7-5-8-16-11)19-20-14(3,4)12-17-9-6-10-18-12/h5-10H2,1-4H3,(H,15,16)(H,17,18)/b20-19+. The average molecular weight is 278 g/mol. The maximum atomic E-state index is 4.54. The SMILES string of the molecule is CC(C)(/N=N/C(C)(C)C1=NCCCN1)C1=NCCCN1. The molecular formula is C14H26N6. The molecule has 0 unspecified atom stereocenters. The summed E-state index contributed by atoms with van der Waals surface area (Å²) in [7, 11) is 0. The molecule has 0 saturated carbocycles. The lowest BCUT2D eigenvalue weighted by atomic mass is 10.0. The van der Waals surface area contributed by atoms with Gasteiger partial charge in [0.15, 0.2) is 0 Å². The van der Waals surface area contributed by atoms with E-state index in [0.29, 0.717) is 0 Å². The zero-order valence-corrected chi connectivity index (χ0v) is 13.0. The third-order valence-corrected chi connectivity index (χ3v) is 3.50. The highest BCUT2D eigenvalue weighted by Gasteiger charge is 2.30. The molecule has 0 aromatic carbocycles. The van der Waals surface area contributed by atoms with Gasteiger partial charge in [-0.3, -0.25) is 9.98 Å². The van der Waals surface area contributed by atoms with Gasteiger partial charge in [0.25, 0.3) is 0 Å². The predicted molar refractivity (Wildman–Crippen MR) is 82.9 cm³/mol. The quantitative estimate of drug-likeness (QED) is 0.769. The summed E-state index contributed by atoms with van der Waals surface area (Å²) in [6.07, 6.45) is 2.17. The second-order valence-electron chi connectivity index (χ2n) is 6.34. The van der Waals surface area contributed by atoms with Crippen molar-refractivity contribution >= 4 is 11.7 Å². The van der Waals surface area contributed by atoms with Gasteiger partial charge in [0, 0.05) is 26.2 Å². The molecule has 112 valence electrons. The van der Waals surface area contributed by atoms with Crippen LogP contribution < -0.4 is 10.6 Å². The van der Waals surface area contributed by atoms with Crippen LogP contribution in [0, 0.1) is 0 Å². The van der Waals surface area contributed by atoms with Crippen molar-refractivity contribution in [2.75, 3.05) is 26.2 Å². The summed E-state index contributed by atoms with van der Waals surface area (Å²) in [6.45, 7) is 11.8. The molecule has 0 aromatic heterocycles. The molecule has 0 spiro atoms. The average Bonchev–Trinajstić information content (AvgIpc) is 2.47. The minimum absolute atomic E-state index is 0.410. The van der Waals surface area contributed by atoms with E-state index < -0.39 is 11.1 Å². The van der Waals surface area contributed by atoms with Crippen molar-refractivity contribution in [3.63, 3.8) is 0 Å². The van der Waals surface area contributed by atoms with Crippen LogP contribution in [0.2, 0.25) is 0 Å². The maximum Gasteiger partial charge on any atom is 0.133 e. The molecule has 2 rings (SSSR count). The summed E-state index contributed by atoms with van der Waals surface area (Å²) >= 11 is 0. The molecule has 0 aliphatic carbocycles. The van der Waals surface area contributed by atoms with Gasteiger partial charge in [-0.25, -0.2) is 0 Å². The Hall–Kier alpha value is -1.46. The van der Waals surface area contributed by atoms with E-state index in [1.165, 1.54) is 0 Å². The van der Waals surface area contributed by atoms with Crippen molar-refractivity contribution in [3.8, 4) is 0 Å². The van der Waals surface area contributed by atoms with Crippen LogP contribution in [-0.2, 0) is 0 Å². The number of nitrogens with zero attached hydrogens (tertiary/aromatic N) is 4. The molecule has 2 aliphatic rings. The molecule has 6 nitrogen and oxygen atoms in total. The Kier molecular flexibility index (Phi) is 4.40. The third-order valence-electron chi connectivity index (χ3n) is 3.50. The van der Waals surface area contributed by atoms with Crippen molar-refractivity contribution in [3.05, 3.63) is 0 Å². The van der Waals surface area contributed by atoms with E-state index >= 15 is 0 Å². The highest BCUT2D eigenvalue weighted by Crippen LogP contribution is 2.19. The van der Waals surface area contributed by atoms with Gasteiger partial charge in [-0.05, 0) is 40.5 Å². The Labute approximate surface area is 121 Å². The molecule has 2 N–H and O–H groups in total. The van der Waals surface area contributed by atoms with Crippen molar-refractivity contribution < 1.29 is 0 Å². The first-order valence-electron chi connectivity index (χ1n) is 7.43. The Morgan fingerprint density at radius 1 is 0.800 bits per heavy atom. The monoisotopic (exact) mass is 278 g/mol. The number of azo groups is 1. The molecular weight excluding hydrogens is 252 g/mol. The van der Waals surface area contributed by atoms with Crippen LogP contribution >= 0.6 is 0 Å². The number of amidine groups is 2. The molecule has 2 heterocycles. The summed E-state index contributed by atoms with van der Waals surface area (Å²) in [5.41, 5.74) is -0.820. The van der Waals surface area contributed by atoms with Gasteiger partial charge in [0.1, 0.15) is 22.7 Å². The van der Waals surface area contributed by atoms with Crippen LogP contribution in [0.4, 0.5) is 0 Å². The molecule has 0 fully saturated rings. The molecule has 2 aliphatic heterocycles. The third kappa shape index (κ3) is 3.55. The second kappa shape index (κ2) is 5.89. The fourth-order valence-electron chi connectivity index (χ4n) is 2.23. The molecule has 0 amide bonds. The van der Waals surface area contributed by atoms with Gasteiger partial charge in [-0.2, -0.15) is 10.2 Å². The van der Waals surface area contributed by atoms with Gasteiger partial charge in [-0.1, -0.05) is 0 Å². The van der Waals surface area contributed by atoms with E-state index in [1.807, 2.05) is 27.7 Å². The van der Waals surface area contributed by atoms with Crippen molar-refractivity contribution in [2.45, 2.75) is 51.6 Å². The van der Waals surface area contributed by atoms with E-state index in [-0.39, 0.29) is 0 Å². The first kappa shape index (κ1) is 14.9. The highest BCUT2D eigenvalue weighted by molar-refractivity contribution is 5.92. The largest absolute Gasteiger partial charge is 0.372 e. The summed E-state index contributed by atoms with van der Waals surface area (Å²) in [5.74, 6) is 1.86. The lowest BCUT2D eigenvalue weighted by molar-refractivity contribution is 0.529. The summed E-state index contributed by atoms with van der Waals surface area (Å²) in [4.78, 5) is 9.04. The van der Waals surface area contributed by atoms with Crippen LogP contribution in [0.3, 0.4) is 0 Å². The van der Waals surface area contributed by atoms with E-state index in [1.54, 1.807) is 0 Å². The molecule has 20 heavy (non-hydrogen) atoms. The topological polar surface area (TPSA) is 73.5 Å². The maximum absolute atomic E-state index is 4.54. The van der Waals surface area contributed by atoms with Crippen molar-refractivity contribution in [1.82, 2.24) is 10.6 Å². The number of aliphatic imine (C=N–C) groups is 2. The molecule has 0 saturated heterocycles. The minimum Gasteiger partial charge on any atom is -0.372 e. The van der Waals surface area contributed by atoms with E-state index in [0.717, 1.165) is 50.7 Å². The van der Waals surface area contributed by atoms with Crippen LogP contribution in [0.1, 0.15) is 40.5 Å². The highest BCUT2D eigenvalue weighted by atomic mass is 15.2. The molecule has 0 aromatic rings. The number of hydrogen-bond acceptors (Lipinski definition) is 6. The number of nitrogens with one attached hydrogen (secondary N) is 2. The van der Waals surface area contributed by atoms with E-state index in [4.69, 9.17) is 0 Å². The Morgan fingerprint density at radius 2 is 1.20 bits per heavy atom. The molecule has 0 atom stereocenters. The van der Waals surface area contributed by atoms with Crippen LogP contribution in [-0.4, -0.2) is 48.9 Å². The lowest BCUT2D eigenvalue weighted by Crippen LogP contribution is -2.46. The van der Waals surface area contributed by atoms with Crippen LogP contribution in [0.5, 0.6) is 0 Å². The number of rotatable bonds is 4. The van der Waals surface area contributed by atoms with Gasteiger partial charge >= 0.3 is 0 Å². The second-order valence-corrected chi connectivity index (χ2v) is 6.34. The molecule has 0 bridgehead atoms. The lowest BCUT2D eigenvalue weighted by Gasteiger charge is -2.29. The van der Waals surface area contributed by atoms with E-state index in [2.05, 4.69) is 30.8 Å². The van der Waals surface area contributed by atoms with Gasteiger partial charge in [-0.15, -0.1) is 0 Å². The van der Waals surface area contributed by atoms with Crippen molar-refractivity contribution in [2.24, 2.45) is 20.2 Å². The minimum atomic E-state index is -0.410. The van der Waals surface area contributed by atoms with Crippen molar-refractivity contribution in [1.29, 1.82) is 0 Å². The predicted octanol–water partition coefficient (Wildman–Crippen LogP) is 1.78. The van der Waals surface area contributed by atoms with Gasteiger partial charge in [0.05, 0.1) is 0 Å². The number of hydrogen-bond donors (Lipinski definition) is 2. The molecule has 0 radical (unpaired) electrons. The van der Waals surface area contributed by atoms with Gasteiger partial charge < -0.3 is 10.6 Å². The fraction of sp³-hybridized carbons (Fsp3) is 0.857. The first-order valence-corrected chi connectivity index (χ1v) is 7.43. The van der Waals surface area contributed by atoms with E-state index in [9.17, 15) is 0 Å². The Morgan fingerprint density at radius 3 is 1.50 bits per heavy atom. The summed E-state index contributed by atoms with van der Waals surface area (Å²) < 4.78 is 0. The first-order chi connectivity index (χ1) is 9.42. The zero-order chi connectivity index (χ0) is 14.6. The Balaban J connectivity index is 2.10. The summed E-state index contributed by atoms with van der Waals surface area (Å²) in [5, 5.41) is 15.7. The normalized spacial score (nSPS) is 21.0. The van der Waals surface area contributed by atoms with Crippen LogP contribution in [0.15, 0.2) is 20.2 Å². The van der Waals surface area contributed by atoms with Crippen LogP contribution in [0.25, 0.3) is 0 Å². The summed E-state index contributed by atoms with van der Waals surface area (Å²) in [6, 6.07) is 0. The zero-order valence-electron chi connectivity index (χ0n) is 13.0. The smallest absolute Gasteiger partial charge is 0.133 e. The molecule has 6 heteroatoms. The Bertz CT molecular complexity index is 393.